The molecule has 1 heterocycles. The first kappa shape index (κ1) is 17.8. The highest BCUT2D eigenvalue weighted by Crippen LogP contribution is 2.31. The number of nitrogens with zero attached hydrogens (tertiary/aromatic N) is 1. The number of hydrogen-bond donors (Lipinski definition) is 1. The summed E-state index contributed by atoms with van der Waals surface area (Å²) in [6.07, 6.45) is -5.42. The summed E-state index contributed by atoms with van der Waals surface area (Å²) < 4.78 is 36.9. The Morgan fingerprint density at radius 3 is 2.14 bits per heavy atom. The molecular weight excluding hydrogens is 285 g/mol. The number of hydrogen-bond acceptors (Lipinski definition) is 2. The third-order valence-electron chi connectivity index (χ3n) is 3.47. The minimum atomic E-state index is -4.26. The van der Waals surface area contributed by atoms with Gasteiger partial charge in [-0.15, -0.1) is 0 Å². The molecule has 7 heteroatoms. The number of nitrogens with one attached hydrogen (secondary N) is 1. The quantitative estimate of drug-likeness (QED) is 0.871. The summed E-state index contributed by atoms with van der Waals surface area (Å²) in [6, 6.07) is -0.758. The molecule has 1 unspecified atom stereocenters. The number of piperazine rings is 1. The molecule has 0 bridgehead atoms. The van der Waals surface area contributed by atoms with Crippen molar-refractivity contribution in [2.24, 2.45) is 5.41 Å². The lowest BCUT2D eigenvalue weighted by Crippen LogP contribution is -2.70. The molecule has 1 N–H and O–H groups in total. The highest BCUT2D eigenvalue weighted by molar-refractivity contribution is 5.99. The van der Waals surface area contributed by atoms with Gasteiger partial charge in [-0.1, -0.05) is 20.8 Å². The second-order valence-electron chi connectivity index (χ2n) is 7.10. The van der Waals surface area contributed by atoms with Gasteiger partial charge >= 0.3 is 6.18 Å². The van der Waals surface area contributed by atoms with E-state index in [0.29, 0.717) is 0 Å². The lowest BCUT2D eigenvalue weighted by molar-refractivity contribution is -0.160. The van der Waals surface area contributed by atoms with E-state index in [1.165, 1.54) is 4.90 Å². The van der Waals surface area contributed by atoms with E-state index < -0.39 is 29.6 Å². The van der Waals surface area contributed by atoms with Crippen molar-refractivity contribution in [3.8, 4) is 0 Å². The van der Waals surface area contributed by atoms with E-state index >= 15 is 0 Å². The molecule has 0 aromatic carbocycles. The Hall–Kier alpha value is -1.27. The van der Waals surface area contributed by atoms with Crippen molar-refractivity contribution in [1.29, 1.82) is 0 Å². The molecule has 1 fully saturated rings. The number of amides is 2. The Labute approximate surface area is 123 Å². The smallest absolute Gasteiger partial charge is 0.340 e. The molecule has 0 aromatic rings. The van der Waals surface area contributed by atoms with Crippen LogP contribution < -0.4 is 5.32 Å². The van der Waals surface area contributed by atoms with Crippen molar-refractivity contribution in [1.82, 2.24) is 10.2 Å². The molecule has 1 rings (SSSR count). The Bertz CT molecular complexity index is 425. The monoisotopic (exact) mass is 308 g/mol. The molecule has 4 nitrogen and oxygen atoms in total. The van der Waals surface area contributed by atoms with Crippen LogP contribution >= 0.6 is 0 Å². The predicted octanol–water partition coefficient (Wildman–Crippen LogP) is 2.48. The Morgan fingerprint density at radius 2 is 1.71 bits per heavy atom. The number of alkyl halides is 3. The van der Waals surface area contributed by atoms with Crippen LogP contribution in [0.4, 0.5) is 13.2 Å². The molecular formula is C14H23F3N2O2. The molecule has 0 aliphatic carbocycles. The fourth-order valence-electron chi connectivity index (χ4n) is 2.59. The minimum Gasteiger partial charge on any atom is -0.340 e. The topological polar surface area (TPSA) is 49.4 Å². The molecule has 0 aromatic heterocycles. The highest BCUT2D eigenvalue weighted by atomic mass is 19.4. The van der Waals surface area contributed by atoms with Crippen molar-refractivity contribution in [3.05, 3.63) is 0 Å². The third kappa shape index (κ3) is 4.35. The Morgan fingerprint density at radius 1 is 1.19 bits per heavy atom. The Balaban J connectivity index is 2.95. The average molecular weight is 308 g/mol. The molecule has 0 radical (unpaired) electrons. The molecule has 1 atom stereocenters. The van der Waals surface area contributed by atoms with Crippen LogP contribution in [0.2, 0.25) is 0 Å². The molecule has 1 aliphatic rings. The first-order valence-electron chi connectivity index (χ1n) is 6.95. The van der Waals surface area contributed by atoms with Crippen molar-refractivity contribution < 1.29 is 22.8 Å². The first-order chi connectivity index (χ1) is 9.26. The minimum absolute atomic E-state index is 0.0723. The maximum Gasteiger partial charge on any atom is 0.389 e. The fourth-order valence-corrected chi connectivity index (χ4v) is 2.59. The summed E-state index contributed by atoms with van der Waals surface area (Å²) >= 11 is 0. The van der Waals surface area contributed by atoms with E-state index in [1.807, 2.05) is 0 Å². The lowest BCUT2D eigenvalue weighted by Gasteiger charge is -2.47. The standard InChI is InChI=1S/C14H23F3N2O2/c1-12(2,3)9-10(20)18-13(4,5)11(21)19(9)8-6-7-14(15,16)17/h9H,6-8H2,1-5H3,(H,18,20). The predicted molar refractivity (Wildman–Crippen MR) is 72.5 cm³/mol. The van der Waals surface area contributed by atoms with Gasteiger partial charge in [0.2, 0.25) is 11.8 Å². The van der Waals surface area contributed by atoms with Gasteiger partial charge in [0, 0.05) is 13.0 Å². The van der Waals surface area contributed by atoms with Crippen molar-refractivity contribution in [2.45, 2.75) is 65.2 Å². The zero-order valence-electron chi connectivity index (χ0n) is 13.1. The lowest BCUT2D eigenvalue weighted by atomic mass is 9.81. The van der Waals surface area contributed by atoms with Crippen molar-refractivity contribution >= 4 is 11.8 Å². The zero-order valence-corrected chi connectivity index (χ0v) is 13.1. The van der Waals surface area contributed by atoms with Crippen LogP contribution in [-0.4, -0.2) is 41.0 Å². The largest absolute Gasteiger partial charge is 0.389 e. The normalized spacial score (nSPS) is 23.2. The van der Waals surface area contributed by atoms with Gasteiger partial charge in [0.1, 0.15) is 11.6 Å². The highest BCUT2D eigenvalue weighted by Gasteiger charge is 2.49. The van der Waals surface area contributed by atoms with E-state index in [1.54, 1.807) is 34.6 Å². The van der Waals surface area contributed by atoms with E-state index in [4.69, 9.17) is 0 Å². The van der Waals surface area contributed by atoms with Crippen LogP contribution in [0.1, 0.15) is 47.5 Å². The third-order valence-corrected chi connectivity index (χ3v) is 3.47. The summed E-state index contributed by atoms with van der Waals surface area (Å²) in [5.74, 6) is -0.664. The summed E-state index contributed by atoms with van der Waals surface area (Å²) in [4.78, 5) is 26.0. The van der Waals surface area contributed by atoms with Crippen molar-refractivity contribution in [3.63, 3.8) is 0 Å². The van der Waals surface area contributed by atoms with Gasteiger partial charge in [-0.25, -0.2) is 0 Å². The molecule has 2 amide bonds. The van der Waals surface area contributed by atoms with Gasteiger partial charge in [-0.2, -0.15) is 13.2 Å². The van der Waals surface area contributed by atoms with Crippen LogP contribution in [0.3, 0.4) is 0 Å². The van der Waals surface area contributed by atoms with Gasteiger partial charge in [0.15, 0.2) is 0 Å². The summed E-state index contributed by atoms with van der Waals surface area (Å²) in [7, 11) is 0. The van der Waals surface area contributed by atoms with Gasteiger partial charge < -0.3 is 10.2 Å². The second kappa shape index (κ2) is 5.50. The Kier molecular flexibility index (Phi) is 4.65. The number of halogens is 3. The molecule has 21 heavy (non-hydrogen) atoms. The van der Waals surface area contributed by atoms with Crippen LogP contribution in [0.15, 0.2) is 0 Å². The number of rotatable bonds is 3. The second-order valence-corrected chi connectivity index (χ2v) is 7.10. The maximum absolute atomic E-state index is 12.4. The van der Waals surface area contributed by atoms with Gasteiger partial charge in [0.25, 0.3) is 0 Å². The molecule has 0 saturated carbocycles. The number of carbonyl (C=O) groups excluding carboxylic acids is 2. The number of carbonyl (C=O) groups is 2. The van der Waals surface area contributed by atoms with Crippen LogP contribution in [0.25, 0.3) is 0 Å². The molecule has 1 saturated heterocycles. The van der Waals surface area contributed by atoms with Crippen LogP contribution in [0.5, 0.6) is 0 Å². The van der Waals surface area contributed by atoms with Crippen molar-refractivity contribution in [2.75, 3.05) is 6.54 Å². The maximum atomic E-state index is 12.4. The summed E-state index contributed by atoms with van der Waals surface area (Å²) in [5.41, 5.74) is -1.63. The van der Waals surface area contributed by atoms with Crippen LogP contribution in [0, 0.1) is 5.41 Å². The van der Waals surface area contributed by atoms with E-state index in [0.717, 1.165) is 0 Å². The first-order valence-corrected chi connectivity index (χ1v) is 6.95. The van der Waals surface area contributed by atoms with Gasteiger partial charge in [-0.05, 0) is 25.7 Å². The fraction of sp³-hybridized carbons (Fsp3) is 0.857. The van der Waals surface area contributed by atoms with E-state index in [2.05, 4.69) is 5.32 Å². The molecule has 1 aliphatic heterocycles. The molecule has 122 valence electrons. The van der Waals surface area contributed by atoms with Crippen LogP contribution in [-0.2, 0) is 9.59 Å². The summed E-state index contributed by atoms with van der Waals surface area (Å²) in [6.45, 7) is 8.42. The summed E-state index contributed by atoms with van der Waals surface area (Å²) in [5, 5.41) is 2.65. The molecule has 0 spiro atoms. The van der Waals surface area contributed by atoms with E-state index in [-0.39, 0.29) is 24.8 Å². The zero-order chi connectivity index (χ0) is 16.6. The van der Waals surface area contributed by atoms with Gasteiger partial charge in [0.05, 0.1) is 0 Å². The SMILES string of the molecule is CC1(C)NC(=O)C(C(C)(C)C)N(CCCC(F)(F)F)C1=O. The van der Waals surface area contributed by atoms with E-state index in [9.17, 15) is 22.8 Å². The average Bonchev–Trinajstić information content (AvgIpc) is 2.20. The van der Waals surface area contributed by atoms with Gasteiger partial charge in [-0.3, -0.25) is 9.59 Å².